The van der Waals surface area contributed by atoms with Gasteiger partial charge in [-0.3, -0.25) is 0 Å². The van der Waals surface area contributed by atoms with Crippen molar-refractivity contribution in [3.8, 4) is 0 Å². The van der Waals surface area contributed by atoms with Gasteiger partial charge in [0.25, 0.3) is 5.92 Å². The van der Waals surface area contributed by atoms with Crippen LogP contribution in [0.5, 0.6) is 0 Å². The first-order chi connectivity index (χ1) is 7.83. The molecular weight excluding hydrogens is 222 g/mol. The van der Waals surface area contributed by atoms with Crippen molar-refractivity contribution in [2.24, 2.45) is 5.92 Å². The van der Waals surface area contributed by atoms with Crippen molar-refractivity contribution >= 4 is 0 Å². The molecule has 3 heteroatoms. The second-order valence-corrected chi connectivity index (χ2v) is 5.20. The number of ether oxygens (including phenoxy) is 1. The monoisotopic (exact) mass is 248 g/mol. The van der Waals surface area contributed by atoms with Gasteiger partial charge in [-0.05, 0) is 38.7 Å². The minimum atomic E-state index is -2.83. The van der Waals surface area contributed by atoms with Gasteiger partial charge in [-0.15, -0.1) is 0 Å². The summed E-state index contributed by atoms with van der Waals surface area (Å²) in [5, 5.41) is 0. The molecule has 0 fully saturated rings. The van der Waals surface area contributed by atoms with Gasteiger partial charge in [0.15, 0.2) is 0 Å². The zero-order valence-electron chi connectivity index (χ0n) is 11.5. The van der Waals surface area contributed by atoms with Gasteiger partial charge in [-0.2, -0.15) is 8.78 Å². The predicted molar refractivity (Wildman–Crippen MR) is 68.5 cm³/mol. The van der Waals surface area contributed by atoms with Crippen LogP contribution >= 0.6 is 0 Å². The fourth-order valence-corrected chi connectivity index (χ4v) is 1.40. The van der Waals surface area contributed by atoms with Crippen LogP contribution in [0.3, 0.4) is 0 Å². The first-order valence-corrected chi connectivity index (χ1v) is 6.50. The van der Waals surface area contributed by atoms with Crippen LogP contribution in [0.15, 0.2) is 12.2 Å². The molecule has 0 unspecified atom stereocenters. The minimum absolute atomic E-state index is 0.152. The third-order valence-corrected chi connectivity index (χ3v) is 2.37. The molecule has 0 aliphatic carbocycles. The molecule has 0 heterocycles. The Hall–Kier alpha value is -0.440. The summed E-state index contributed by atoms with van der Waals surface area (Å²) in [5.74, 6) is -2.14. The minimum Gasteiger partial charge on any atom is -0.372 e. The molecular formula is C14H26F2O. The van der Waals surface area contributed by atoms with Crippen LogP contribution < -0.4 is 0 Å². The van der Waals surface area contributed by atoms with E-state index in [2.05, 4.69) is 13.8 Å². The lowest BCUT2D eigenvalue weighted by atomic mass is 10.1. The average molecular weight is 248 g/mol. The number of hydrogen-bond donors (Lipinski definition) is 0. The third-order valence-electron chi connectivity index (χ3n) is 2.37. The summed E-state index contributed by atoms with van der Waals surface area (Å²) in [6.45, 7) is 7.34. The molecule has 0 radical (unpaired) electrons. The highest BCUT2D eigenvalue weighted by Crippen LogP contribution is 2.17. The van der Waals surface area contributed by atoms with Crippen molar-refractivity contribution in [1.82, 2.24) is 0 Å². The fraction of sp³-hybridized carbons (Fsp3) is 0.857. The predicted octanol–water partition coefficient (Wildman–Crippen LogP) is 4.82. The van der Waals surface area contributed by atoms with Crippen molar-refractivity contribution in [3.63, 3.8) is 0 Å². The van der Waals surface area contributed by atoms with E-state index in [-0.39, 0.29) is 6.10 Å². The topological polar surface area (TPSA) is 9.23 Å². The van der Waals surface area contributed by atoms with Crippen LogP contribution in [0.25, 0.3) is 0 Å². The quantitative estimate of drug-likeness (QED) is 0.420. The number of hydrogen-bond acceptors (Lipinski definition) is 1. The van der Waals surface area contributed by atoms with Crippen molar-refractivity contribution in [2.45, 2.75) is 65.4 Å². The van der Waals surface area contributed by atoms with Crippen molar-refractivity contribution in [2.75, 3.05) is 6.61 Å². The number of unbranched alkanes of at least 4 members (excludes halogenated alkanes) is 2. The molecule has 0 rings (SSSR count). The van der Waals surface area contributed by atoms with E-state index in [1.54, 1.807) is 19.9 Å². The molecule has 0 atom stereocenters. The highest BCUT2D eigenvalue weighted by Gasteiger charge is 2.25. The van der Waals surface area contributed by atoms with Crippen LogP contribution in [0.2, 0.25) is 0 Å². The molecule has 102 valence electrons. The molecule has 0 bridgehead atoms. The Morgan fingerprint density at radius 2 is 1.76 bits per heavy atom. The maximum Gasteiger partial charge on any atom is 0.289 e. The standard InChI is InChI=1S/C14H26F2O/c1-12(2)9-7-5-6-8-10-14(15,16)11-17-13(3)4/h8,10,12-13H,5-7,9,11H2,1-4H3/b10-8+. The first-order valence-electron chi connectivity index (χ1n) is 6.50. The first kappa shape index (κ1) is 16.6. The lowest BCUT2D eigenvalue weighted by molar-refractivity contribution is -0.0595. The molecule has 0 aromatic heterocycles. The highest BCUT2D eigenvalue weighted by atomic mass is 19.3. The maximum absolute atomic E-state index is 13.2. The second kappa shape index (κ2) is 8.62. The number of rotatable bonds is 9. The largest absolute Gasteiger partial charge is 0.372 e. The molecule has 0 spiro atoms. The summed E-state index contributed by atoms with van der Waals surface area (Å²) in [6.07, 6.45) is 6.38. The lowest BCUT2D eigenvalue weighted by Gasteiger charge is -2.14. The number of alkyl halides is 2. The van der Waals surface area contributed by atoms with Crippen LogP contribution in [0.4, 0.5) is 8.78 Å². The van der Waals surface area contributed by atoms with Gasteiger partial charge < -0.3 is 4.74 Å². The molecule has 0 aromatic carbocycles. The molecule has 0 N–H and O–H groups in total. The van der Waals surface area contributed by atoms with Gasteiger partial charge in [0.1, 0.15) is 6.61 Å². The Balaban J connectivity index is 3.67. The third kappa shape index (κ3) is 11.8. The van der Waals surface area contributed by atoms with E-state index in [9.17, 15) is 8.78 Å². The van der Waals surface area contributed by atoms with Crippen molar-refractivity contribution < 1.29 is 13.5 Å². The molecule has 1 nitrogen and oxygen atoms in total. The summed E-state index contributed by atoms with van der Waals surface area (Å²) < 4.78 is 31.3. The Morgan fingerprint density at radius 3 is 2.29 bits per heavy atom. The van der Waals surface area contributed by atoms with E-state index < -0.39 is 12.5 Å². The van der Waals surface area contributed by atoms with Gasteiger partial charge in [0.05, 0.1) is 6.10 Å². The smallest absolute Gasteiger partial charge is 0.289 e. The van der Waals surface area contributed by atoms with E-state index in [0.29, 0.717) is 5.92 Å². The van der Waals surface area contributed by atoms with Gasteiger partial charge in [-0.25, -0.2) is 0 Å². The summed E-state index contributed by atoms with van der Waals surface area (Å²) >= 11 is 0. The van der Waals surface area contributed by atoms with Gasteiger partial charge in [0.2, 0.25) is 0 Å². The van der Waals surface area contributed by atoms with E-state index >= 15 is 0 Å². The van der Waals surface area contributed by atoms with Crippen LogP contribution in [-0.4, -0.2) is 18.6 Å². The summed E-state index contributed by atoms with van der Waals surface area (Å²) in [5.41, 5.74) is 0. The highest BCUT2D eigenvalue weighted by molar-refractivity contribution is 4.94. The Bertz CT molecular complexity index is 210. The van der Waals surface area contributed by atoms with E-state index in [4.69, 9.17) is 4.74 Å². The molecule has 0 saturated carbocycles. The number of halogens is 2. The van der Waals surface area contributed by atoms with Gasteiger partial charge in [-0.1, -0.05) is 32.8 Å². The summed E-state index contributed by atoms with van der Waals surface area (Å²) in [7, 11) is 0. The van der Waals surface area contributed by atoms with Crippen molar-refractivity contribution in [3.05, 3.63) is 12.2 Å². The molecule has 0 aliphatic rings. The van der Waals surface area contributed by atoms with Gasteiger partial charge >= 0.3 is 0 Å². The number of allylic oxidation sites excluding steroid dienone is 1. The van der Waals surface area contributed by atoms with E-state index in [0.717, 1.165) is 25.3 Å². The maximum atomic E-state index is 13.2. The zero-order valence-corrected chi connectivity index (χ0v) is 11.5. The lowest BCUT2D eigenvalue weighted by Crippen LogP contribution is -2.23. The molecule has 0 aliphatic heterocycles. The van der Waals surface area contributed by atoms with E-state index in [1.165, 1.54) is 6.42 Å². The summed E-state index contributed by atoms with van der Waals surface area (Å²) in [6, 6.07) is 0. The molecule has 0 saturated heterocycles. The van der Waals surface area contributed by atoms with Gasteiger partial charge in [0, 0.05) is 0 Å². The molecule has 17 heavy (non-hydrogen) atoms. The fourth-order valence-electron chi connectivity index (χ4n) is 1.40. The second-order valence-electron chi connectivity index (χ2n) is 5.20. The normalized spacial score (nSPS) is 13.2. The Kier molecular flexibility index (Phi) is 8.40. The average Bonchev–Trinajstić information content (AvgIpc) is 2.20. The Labute approximate surface area is 104 Å². The zero-order chi connectivity index (χ0) is 13.3. The van der Waals surface area contributed by atoms with Crippen molar-refractivity contribution in [1.29, 1.82) is 0 Å². The summed E-state index contributed by atoms with van der Waals surface area (Å²) in [4.78, 5) is 0. The van der Waals surface area contributed by atoms with E-state index in [1.807, 2.05) is 0 Å². The van der Waals surface area contributed by atoms with Crippen LogP contribution in [0, 0.1) is 5.92 Å². The molecule has 0 aromatic rings. The molecule has 0 amide bonds. The SMILES string of the molecule is CC(C)CCCC/C=C/C(F)(F)COC(C)C. The van der Waals surface area contributed by atoms with Crippen LogP contribution in [0.1, 0.15) is 53.4 Å². The Morgan fingerprint density at radius 1 is 1.12 bits per heavy atom. The van der Waals surface area contributed by atoms with Crippen LogP contribution in [-0.2, 0) is 4.74 Å².